The van der Waals surface area contributed by atoms with Gasteiger partial charge in [-0.3, -0.25) is 4.79 Å². The Bertz CT molecular complexity index is 352. The molecule has 1 fully saturated rings. The third kappa shape index (κ3) is 3.58. The molecule has 0 aromatic heterocycles. The van der Waals surface area contributed by atoms with E-state index in [0.717, 1.165) is 38.3 Å². The van der Waals surface area contributed by atoms with Gasteiger partial charge in [0.05, 0.1) is 0 Å². The molecule has 1 aromatic carbocycles. The summed E-state index contributed by atoms with van der Waals surface area (Å²) in [6, 6.07) is 10.2. The van der Waals surface area contributed by atoms with Crippen molar-refractivity contribution in [1.29, 1.82) is 0 Å². The summed E-state index contributed by atoms with van der Waals surface area (Å²) < 4.78 is 0. The summed E-state index contributed by atoms with van der Waals surface area (Å²) in [7, 11) is 0. The zero-order valence-corrected chi connectivity index (χ0v) is 10.6. The van der Waals surface area contributed by atoms with Gasteiger partial charge in [-0.1, -0.05) is 37.3 Å². The van der Waals surface area contributed by atoms with E-state index in [1.54, 1.807) is 0 Å². The van der Waals surface area contributed by atoms with Crippen LogP contribution in [0.3, 0.4) is 0 Å². The van der Waals surface area contributed by atoms with Crippen molar-refractivity contribution in [2.75, 3.05) is 13.1 Å². The van der Waals surface area contributed by atoms with E-state index in [0.29, 0.717) is 12.3 Å². The predicted molar refractivity (Wildman–Crippen MR) is 69.7 cm³/mol. The van der Waals surface area contributed by atoms with E-state index in [4.69, 9.17) is 0 Å². The van der Waals surface area contributed by atoms with Crippen LogP contribution in [-0.4, -0.2) is 23.9 Å². The molecule has 1 saturated heterocycles. The number of rotatable bonds is 3. The maximum atomic E-state index is 12.0. The number of piperidine rings is 1. The number of amides is 1. The monoisotopic (exact) mass is 231 g/mol. The quantitative estimate of drug-likeness (QED) is 0.783. The Labute approximate surface area is 104 Å². The molecular weight excluding hydrogens is 210 g/mol. The lowest BCUT2D eigenvalue weighted by Crippen LogP contribution is -2.37. The first kappa shape index (κ1) is 12.2. The van der Waals surface area contributed by atoms with Gasteiger partial charge in [0.15, 0.2) is 0 Å². The van der Waals surface area contributed by atoms with Gasteiger partial charge >= 0.3 is 0 Å². The lowest BCUT2D eigenvalue weighted by molar-refractivity contribution is -0.132. The van der Waals surface area contributed by atoms with Gasteiger partial charge in [0, 0.05) is 19.5 Å². The topological polar surface area (TPSA) is 20.3 Å². The standard InChI is InChI=1S/C15H21NO/c1-13-9-11-16(12-10-13)15(17)8-7-14-5-3-2-4-6-14/h2-6,13H,7-12H2,1H3. The molecule has 0 unspecified atom stereocenters. The molecule has 0 spiro atoms. The van der Waals surface area contributed by atoms with E-state index in [1.807, 2.05) is 23.1 Å². The van der Waals surface area contributed by atoms with Crippen LogP contribution in [0.2, 0.25) is 0 Å². The summed E-state index contributed by atoms with van der Waals surface area (Å²) in [5, 5.41) is 0. The Morgan fingerprint density at radius 2 is 1.88 bits per heavy atom. The predicted octanol–water partition coefficient (Wildman–Crippen LogP) is 2.88. The summed E-state index contributed by atoms with van der Waals surface area (Å²) in [5.41, 5.74) is 1.26. The third-order valence-electron chi connectivity index (χ3n) is 3.61. The lowest BCUT2D eigenvalue weighted by Gasteiger charge is -2.30. The molecule has 1 aliphatic rings. The van der Waals surface area contributed by atoms with Gasteiger partial charge < -0.3 is 4.90 Å². The second-order valence-electron chi connectivity index (χ2n) is 5.05. The Morgan fingerprint density at radius 1 is 1.24 bits per heavy atom. The number of likely N-dealkylation sites (tertiary alicyclic amines) is 1. The van der Waals surface area contributed by atoms with Gasteiger partial charge in [-0.15, -0.1) is 0 Å². The molecule has 92 valence electrons. The van der Waals surface area contributed by atoms with Crippen LogP contribution in [-0.2, 0) is 11.2 Å². The number of hydrogen-bond acceptors (Lipinski definition) is 1. The third-order valence-corrected chi connectivity index (χ3v) is 3.61. The van der Waals surface area contributed by atoms with Crippen molar-refractivity contribution in [3.8, 4) is 0 Å². The highest BCUT2D eigenvalue weighted by molar-refractivity contribution is 5.76. The van der Waals surface area contributed by atoms with Crippen LogP contribution in [0.4, 0.5) is 0 Å². The molecule has 0 N–H and O–H groups in total. The fraction of sp³-hybridized carbons (Fsp3) is 0.533. The lowest BCUT2D eigenvalue weighted by atomic mass is 9.99. The molecule has 0 aliphatic carbocycles. The van der Waals surface area contributed by atoms with E-state index in [9.17, 15) is 4.79 Å². The van der Waals surface area contributed by atoms with E-state index < -0.39 is 0 Å². The second kappa shape index (κ2) is 5.85. The Hall–Kier alpha value is -1.31. The maximum Gasteiger partial charge on any atom is 0.222 e. The number of aryl methyl sites for hydroxylation is 1. The van der Waals surface area contributed by atoms with Crippen molar-refractivity contribution >= 4 is 5.91 Å². The van der Waals surface area contributed by atoms with Gasteiger partial charge in [-0.25, -0.2) is 0 Å². The molecule has 0 atom stereocenters. The zero-order chi connectivity index (χ0) is 12.1. The second-order valence-corrected chi connectivity index (χ2v) is 5.05. The van der Waals surface area contributed by atoms with Crippen molar-refractivity contribution in [1.82, 2.24) is 4.90 Å². The minimum absolute atomic E-state index is 0.320. The minimum atomic E-state index is 0.320. The van der Waals surface area contributed by atoms with E-state index in [-0.39, 0.29) is 0 Å². The summed E-state index contributed by atoms with van der Waals surface area (Å²) in [5.74, 6) is 1.11. The molecule has 1 aromatic rings. The number of benzene rings is 1. The molecule has 0 saturated carbocycles. The first-order valence-electron chi connectivity index (χ1n) is 6.57. The highest BCUT2D eigenvalue weighted by atomic mass is 16.2. The molecule has 17 heavy (non-hydrogen) atoms. The van der Waals surface area contributed by atoms with E-state index >= 15 is 0 Å². The number of carbonyl (C=O) groups excluding carboxylic acids is 1. The molecule has 1 heterocycles. The Kier molecular flexibility index (Phi) is 4.18. The van der Waals surface area contributed by atoms with Crippen LogP contribution in [0.1, 0.15) is 31.7 Å². The van der Waals surface area contributed by atoms with Gasteiger partial charge in [-0.2, -0.15) is 0 Å². The highest BCUT2D eigenvalue weighted by Crippen LogP contribution is 2.17. The van der Waals surface area contributed by atoms with Crippen LogP contribution in [0.5, 0.6) is 0 Å². The maximum absolute atomic E-state index is 12.0. The summed E-state index contributed by atoms with van der Waals surface area (Å²) >= 11 is 0. The van der Waals surface area contributed by atoms with Crippen molar-refractivity contribution in [3.05, 3.63) is 35.9 Å². The molecule has 2 nitrogen and oxygen atoms in total. The van der Waals surface area contributed by atoms with Gasteiger partial charge in [0.25, 0.3) is 0 Å². The van der Waals surface area contributed by atoms with Crippen LogP contribution < -0.4 is 0 Å². The molecule has 2 heteroatoms. The first-order chi connectivity index (χ1) is 8.25. The minimum Gasteiger partial charge on any atom is -0.343 e. The van der Waals surface area contributed by atoms with Crippen LogP contribution >= 0.6 is 0 Å². The summed E-state index contributed by atoms with van der Waals surface area (Å²) in [6.07, 6.45) is 3.85. The summed E-state index contributed by atoms with van der Waals surface area (Å²) in [4.78, 5) is 14.0. The SMILES string of the molecule is CC1CCN(C(=O)CCc2ccccc2)CC1. The molecule has 2 rings (SSSR count). The molecule has 0 bridgehead atoms. The van der Waals surface area contributed by atoms with E-state index in [1.165, 1.54) is 5.56 Å². The number of nitrogens with zero attached hydrogens (tertiary/aromatic N) is 1. The highest BCUT2D eigenvalue weighted by Gasteiger charge is 2.19. The molecule has 1 amide bonds. The van der Waals surface area contributed by atoms with Crippen LogP contribution in [0.25, 0.3) is 0 Å². The molecule has 1 aliphatic heterocycles. The first-order valence-corrected chi connectivity index (χ1v) is 6.57. The van der Waals surface area contributed by atoms with Crippen molar-refractivity contribution in [2.45, 2.75) is 32.6 Å². The molecular formula is C15H21NO. The van der Waals surface area contributed by atoms with Gasteiger partial charge in [-0.05, 0) is 30.7 Å². The van der Waals surface area contributed by atoms with Gasteiger partial charge in [0.1, 0.15) is 0 Å². The smallest absolute Gasteiger partial charge is 0.222 e. The fourth-order valence-electron chi connectivity index (χ4n) is 2.31. The largest absolute Gasteiger partial charge is 0.343 e. The van der Waals surface area contributed by atoms with Crippen LogP contribution in [0, 0.1) is 5.92 Å². The fourth-order valence-corrected chi connectivity index (χ4v) is 2.31. The average molecular weight is 231 g/mol. The van der Waals surface area contributed by atoms with E-state index in [2.05, 4.69) is 19.1 Å². The Balaban J connectivity index is 1.78. The van der Waals surface area contributed by atoms with Crippen molar-refractivity contribution in [2.24, 2.45) is 5.92 Å². The van der Waals surface area contributed by atoms with Crippen LogP contribution in [0.15, 0.2) is 30.3 Å². The molecule has 0 radical (unpaired) electrons. The average Bonchev–Trinajstić information content (AvgIpc) is 2.38. The number of carbonyl (C=O) groups is 1. The summed E-state index contributed by atoms with van der Waals surface area (Å²) in [6.45, 7) is 4.18. The Morgan fingerprint density at radius 3 is 2.53 bits per heavy atom. The zero-order valence-electron chi connectivity index (χ0n) is 10.6. The van der Waals surface area contributed by atoms with Gasteiger partial charge in [0.2, 0.25) is 5.91 Å². The normalized spacial score (nSPS) is 17.1. The van der Waals surface area contributed by atoms with Crippen molar-refractivity contribution < 1.29 is 4.79 Å². The van der Waals surface area contributed by atoms with Crippen molar-refractivity contribution in [3.63, 3.8) is 0 Å². The number of hydrogen-bond donors (Lipinski definition) is 0.